The first-order chi connectivity index (χ1) is 11.8. The van der Waals surface area contributed by atoms with Crippen molar-refractivity contribution in [2.45, 2.75) is 45.3 Å². The molecule has 0 saturated carbocycles. The highest BCUT2D eigenvalue weighted by Gasteiger charge is 2.40. The molecule has 4 heterocycles. The highest BCUT2D eigenvalue weighted by molar-refractivity contribution is 5.32. The number of rotatable bonds is 5. The predicted molar refractivity (Wildman–Crippen MR) is 86.0 cm³/mol. The fraction of sp³-hybridized carbons (Fsp3) is 0.857. The number of hydrogen-bond acceptors (Lipinski definition) is 8. The van der Waals surface area contributed by atoms with Gasteiger partial charge in [0, 0.05) is 39.3 Å². The molecule has 2 fully saturated rings. The van der Waals surface area contributed by atoms with Crippen LogP contribution >= 0.6 is 0 Å². The number of fused-ring (bicyclic) bond motifs is 1. The summed E-state index contributed by atoms with van der Waals surface area (Å²) >= 11 is 0. The average molecular weight is 332 g/mol. The number of aromatic nitrogens is 8. The second kappa shape index (κ2) is 6.42. The molecule has 4 rings (SSSR count). The molecule has 10 nitrogen and oxygen atoms in total. The van der Waals surface area contributed by atoms with Crippen molar-refractivity contribution in [2.75, 3.05) is 24.5 Å². The van der Waals surface area contributed by atoms with Crippen LogP contribution in [-0.4, -0.2) is 71.0 Å². The van der Waals surface area contributed by atoms with Gasteiger partial charge in [0.15, 0.2) is 5.82 Å². The molecule has 10 heteroatoms. The van der Waals surface area contributed by atoms with Crippen molar-refractivity contribution in [1.82, 2.24) is 45.3 Å². The zero-order chi connectivity index (χ0) is 16.5. The third-order valence-corrected chi connectivity index (χ3v) is 5.12. The first kappa shape index (κ1) is 15.4. The Morgan fingerprint density at radius 2 is 2.00 bits per heavy atom. The van der Waals surface area contributed by atoms with Gasteiger partial charge in [-0.2, -0.15) is 0 Å². The van der Waals surface area contributed by atoms with E-state index >= 15 is 0 Å². The van der Waals surface area contributed by atoms with E-state index in [1.54, 1.807) is 4.68 Å². The lowest BCUT2D eigenvalue weighted by molar-refractivity contribution is 0.297. The smallest absolute Gasteiger partial charge is 0.245 e. The van der Waals surface area contributed by atoms with Crippen LogP contribution in [-0.2, 0) is 20.1 Å². The van der Waals surface area contributed by atoms with E-state index in [0.717, 1.165) is 50.9 Å². The lowest BCUT2D eigenvalue weighted by atomic mass is 9.92. The van der Waals surface area contributed by atoms with Gasteiger partial charge in [-0.15, -0.1) is 5.10 Å². The molecule has 2 aliphatic heterocycles. The molecule has 0 unspecified atom stereocenters. The van der Waals surface area contributed by atoms with Crippen LogP contribution in [0.4, 0.5) is 5.95 Å². The monoisotopic (exact) mass is 332 g/mol. The summed E-state index contributed by atoms with van der Waals surface area (Å²) in [6.07, 6.45) is 3.49. The summed E-state index contributed by atoms with van der Waals surface area (Å²) in [5.74, 6) is 2.50. The van der Waals surface area contributed by atoms with Crippen LogP contribution in [0.15, 0.2) is 0 Å². The molecule has 2 aliphatic rings. The zero-order valence-corrected chi connectivity index (χ0v) is 14.3. The van der Waals surface area contributed by atoms with Crippen molar-refractivity contribution in [2.24, 2.45) is 13.0 Å². The van der Waals surface area contributed by atoms with Gasteiger partial charge in [0.25, 0.3) is 0 Å². The Morgan fingerprint density at radius 1 is 1.12 bits per heavy atom. The first-order valence-corrected chi connectivity index (χ1v) is 8.72. The standard InChI is InChI=1S/C14H24N10/c1-3-6-24-13(15-17-20-24)10-22-8-11-5-4-7-23(12(11)9-22)14-16-18-19-21(14)2/h11-12H,3-10H2,1-2H3/t11-,12-/m0/s1. The molecule has 0 amide bonds. The topological polar surface area (TPSA) is 93.7 Å². The molecule has 0 aromatic carbocycles. The molecule has 0 spiro atoms. The summed E-state index contributed by atoms with van der Waals surface area (Å²) in [5, 5.41) is 24.1. The second-order valence-electron chi connectivity index (χ2n) is 6.78. The number of tetrazole rings is 2. The molecule has 0 bridgehead atoms. The normalized spacial score (nSPS) is 24.5. The summed E-state index contributed by atoms with van der Waals surface area (Å²) in [6, 6.07) is 0.471. The van der Waals surface area contributed by atoms with E-state index in [0.29, 0.717) is 12.0 Å². The van der Waals surface area contributed by atoms with Crippen LogP contribution in [0.2, 0.25) is 0 Å². The van der Waals surface area contributed by atoms with Crippen molar-refractivity contribution in [1.29, 1.82) is 0 Å². The van der Waals surface area contributed by atoms with Crippen molar-refractivity contribution in [3.05, 3.63) is 5.82 Å². The first-order valence-electron chi connectivity index (χ1n) is 8.72. The SMILES string of the molecule is CCCn1nnnc1CN1C[C@@H]2CCCN(c3nnnn3C)[C@H]2C1. The van der Waals surface area contributed by atoms with E-state index in [2.05, 4.69) is 47.8 Å². The van der Waals surface area contributed by atoms with Crippen molar-refractivity contribution in [3.8, 4) is 0 Å². The van der Waals surface area contributed by atoms with E-state index in [9.17, 15) is 0 Å². The van der Waals surface area contributed by atoms with Crippen molar-refractivity contribution >= 4 is 5.95 Å². The Morgan fingerprint density at radius 3 is 2.79 bits per heavy atom. The highest BCUT2D eigenvalue weighted by atomic mass is 15.6. The number of aryl methyl sites for hydroxylation is 2. The molecule has 24 heavy (non-hydrogen) atoms. The van der Waals surface area contributed by atoms with Gasteiger partial charge in [-0.1, -0.05) is 12.0 Å². The highest BCUT2D eigenvalue weighted by Crippen LogP contribution is 2.33. The minimum Gasteiger partial charge on any atom is -0.335 e. The third kappa shape index (κ3) is 2.74. The zero-order valence-electron chi connectivity index (χ0n) is 14.3. The number of likely N-dealkylation sites (tertiary alicyclic amines) is 1. The Kier molecular flexibility index (Phi) is 4.13. The van der Waals surface area contributed by atoms with E-state index in [-0.39, 0.29) is 0 Å². The van der Waals surface area contributed by atoms with Gasteiger partial charge in [-0.05, 0) is 46.0 Å². The quantitative estimate of drug-likeness (QED) is 0.737. The lowest BCUT2D eigenvalue weighted by Crippen LogP contribution is -2.46. The Labute approximate surface area is 140 Å². The molecular formula is C14H24N10. The maximum absolute atomic E-state index is 4.21. The van der Waals surface area contributed by atoms with E-state index < -0.39 is 0 Å². The number of nitrogens with zero attached hydrogens (tertiary/aromatic N) is 10. The van der Waals surface area contributed by atoms with Crippen LogP contribution in [0.3, 0.4) is 0 Å². The van der Waals surface area contributed by atoms with Gasteiger partial charge < -0.3 is 4.90 Å². The fourth-order valence-corrected chi connectivity index (χ4v) is 4.04. The molecule has 2 aromatic rings. The van der Waals surface area contributed by atoms with Crippen molar-refractivity contribution < 1.29 is 0 Å². The van der Waals surface area contributed by atoms with E-state index in [4.69, 9.17) is 0 Å². The summed E-state index contributed by atoms with van der Waals surface area (Å²) in [5.41, 5.74) is 0. The largest absolute Gasteiger partial charge is 0.335 e. The van der Waals surface area contributed by atoms with Gasteiger partial charge >= 0.3 is 0 Å². The summed E-state index contributed by atoms with van der Waals surface area (Å²) in [6.45, 7) is 6.95. The minimum atomic E-state index is 0.471. The molecule has 2 aromatic heterocycles. The number of piperidine rings is 1. The summed E-state index contributed by atoms with van der Waals surface area (Å²) < 4.78 is 3.69. The molecular weight excluding hydrogens is 308 g/mol. The maximum Gasteiger partial charge on any atom is 0.245 e. The van der Waals surface area contributed by atoms with Gasteiger partial charge in [0.05, 0.1) is 6.54 Å². The molecule has 0 radical (unpaired) electrons. The molecule has 2 atom stereocenters. The molecule has 0 aliphatic carbocycles. The Hall–Kier alpha value is -2.10. The van der Waals surface area contributed by atoms with Gasteiger partial charge in [0.1, 0.15) is 0 Å². The van der Waals surface area contributed by atoms with Gasteiger partial charge in [-0.25, -0.2) is 9.36 Å². The third-order valence-electron chi connectivity index (χ3n) is 5.12. The summed E-state index contributed by atoms with van der Waals surface area (Å²) in [4.78, 5) is 4.85. The van der Waals surface area contributed by atoms with E-state index in [1.807, 2.05) is 11.7 Å². The minimum absolute atomic E-state index is 0.471. The Balaban J connectivity index is 1.48. The molecule has 0 N–H and O–H groups in total. The fourth-order valence-electron chi connectivity index (χ4n) is 4.04. The molecule has 2 saturated heterocycles. The van der Waals surface area contributed by atoms with Crippen LogP contribution in [0.1, 0.15) is 32.0 Å². The average Bonchev–Trinajstić information content (AvgIpc) is 3.28. The number of anilines is 1. The van der Waals surface area contributed by atoms with Crippen LogP contribution in [0.5, 0.6) is 0 Å². The second-order valence-corrected chi connectivity index (χ2v) is 6.78. The van der Waals surface area contributed by atoms with Crippen LogP contribution in [0.25, 0.3) is 0 Å². The number of hydrogen-bond donors (Lipinski definition) is 0. The maximum atomic E-state index is 4.21. The molecule has 130 valence electrons. The predicted octanol–water partition coefficient (Wildman–Crippen LogP) is -0.293. The summed E-state index contributed by atoms with van der Waals surface area (Å²) in [7, 11) is 1.91. The van der Waals surface area contributed by atoms with Gasteiger partial charge in [-0.3, -0.25) is 4.90 Å². The van der Waals surface area contributed by atoms with Crippen LogP contribution < -0.4 is 4.90 Å². The van der Waals surface area contributed by atoms with Gasteiger partial charge in [0.2, 0.25) is 5.95 Å². The lowest BCUT2D eigenvalue weighted by Gasteiger charge is -2.36. The van der Waals surface area contributed by atoms with Crippen LogP contribution in [0, 0.1) is 5.92 Å². The van der Waals surface area contributed by atoms with E-state index in [1.165, 1.54) is 12.8 Å². The Bertz CT molecular complexity index is 679. The van der Waals surface area contributed by atoms with Crippen molar-refractivity contribution in [3.63, 3.8) is 0 Å².